The number of methoxy groups -OCH3 is 1. The second-order valence-electron chi connectivity index (χ2n) is 9.96. The van der Waals surface area contributed by atoms with E-state index in [1.54, 1.807) is 19.4 Å². The molecule has 2 aliphatic heterocycles. The third-order valence-electron chi connectivity index (χ3n) is 7.79. The van der Waals surface area contributed by atoms with Gasteiger partial charge in [0.05, 0.1) is 54.3 Å². The fourth-order valence-electron chi connectivity index (χ4n) is 5.37. The first-order valence-corrected chi connectivity index (χ1v) is 13.8. The van der Waals surface area contributed by atoms with Crippen LogP contribution in [0.4, 0.5) is 5.82 Å². The van der Waals surface area contributed by atoms with Crippen molar-refractivity contribution in [3.8, 4) is 0 Å². The van der Waals surface area contributed by atoms with Crippen molar-refractivity contribution in [2.45, 2.75) is 48.4 Å². The molecule has 4 aromatic rings. The van der Waals surface area contributed by atoms with Crippen LogP contribution in [0.25, 0.3) is 22.1 Å². The molecule has 5 heterocycles. The highest BCUT2D eigenvalue weighted by molar-refractivity contribution is 7.99. The Morgan fingerprint density at radius 2 is 2.13 bits per heavy atom. The van der Waals surface area contributed by atoms with E-state index in [1.165, 1.54) is 22.7 Å². The number of nitrogens with zero attached hydrogens (tertiary/aromatic N) is 6. The van der Waals surface area contributed by atoms with Crippen molar-refractivity contribution in [1.82, 2.24) is 29.7 Å². The summed E-state index contributed by atoms with van der Waals surface area (Å²) in [4.78, 5) is 29.8. The van der Waals surface area contributed by atoms with Crippen molar-refractivity contribution >= 4 is 51.2 Å². The third kappa shape index (κ3) is 4.34. The molecule has 3 aromatic heterocycles. The molecule has 6 rings (SSSR count). The fraction of sp³-hybridized carbons (Fsp3) is 0.480. The number of piperidine rings is 1. The molecule has 13 heteroatoms. The van der Waals surface area contributed by atoms with Crippen molar-refractivity contribution in [1.29, 1.82) is 0 Å². The van der Waals surface area contributed by atoms with E-state index < -0.39 is 0 Å². The zero-order valence-corrected chi connectivity index (χ0v) is 22.8. The lowest BCUT2D eigenvalue weighted by molar-refractivity contribution is 0.0974. The van der Waals surface area contributed by atoms with Crippen LogP contribution >= 0.6 is 23.4 Å². The Kier molecular flexibility index (Phi) is 6.77. The van der Waals surface area contributed by atoms with E-state index in [2.05, 4.69) is 32.0 Å². The van der Waals surface area contributed by atoms with Crippen LogP contribution in [-0.4, -0.2) is 75.3 Å². The Bertz CT molecular complexity index is 1550. The standard InChI is InChI=1S/C25H29ClN8O3S/c1-14-21(27)25(12-37-14)5-7-33(8-6-25)17-11-28-20-22(30-17)31-32-23(20)38-16-4-3-15-18(19(16)26)24(35)34(13-29-15)9-10-36-2/h3-4,11,13-14,21H,5-10,12,27H2,1-2H3,(H,30,31,32)/t14-,21+/m0/s1. The molecule has 2 saturated heterocycles. The molecule has 2 aliphatic rings. The number of ether oxygens (including phenoxy) is 2. The highest BCUT2D eigenvalue weighted by Gasteiger charge is 2.47. The molecular formula is C25H29ClN8O3S. The maximum absolute atomic E-state index is 13.0. The molecular weight excluding hydrogens is 528 g/mol. The molecule has 2 fully saturated rings. The molecule has 200 valence electrons. The number of rotatable bonds is 6. The van der Waals surface area contributed by atoms with Crippen LogP contribution in [0.15, 0.2) is 39.4 Å². The predicted octanol–water partition coefficient (Wildman–Crippen LogP) is 2.85. The molecule has 0 unspecified atom stereocenters. The Labute approximate surface area is 228 Å². The van der Waals surface area contributed by atoms with Crippen LogP contribution in [0.3, 0.4) is 0 Å². The van der Waals surface area contributed by atoms with Crippen LogP contribution in [0.1, 0.15) is 19.8 Å². The van der Waals surface area contributed by atoms with Crippen molar-refractivity contribution in [3.63, 3.8) is 0 Å². The van der Waals surface area contributed by atoms with E-state index in [0.29, 0.717) is 50.2 Å². The minimum Gasteiger partial charge on any atom is -0.383 e. The maximum atomic E-state index is 13.0. The number of nitrogens with one attached hydrogen (secondary N) is 1. The largest absolute Gasteiger partial charge is 0.383 e. The van der Waals surface area contributed by atoms with Crippen LogP contribution in [0.5, 0.6) is 0 Å². The number of nitrogens with two attached hydrogens (primary N) is 1. The van der Waals surface area contributed by atoms with Crippen LogP contribution in [0, 0.1) is 5.41 Å². The number of halogens is 1. The number of hydrogen-bond acceptors (Lipinski definition) is 10. The summed E-state index contributed by atoms with van der Waals surface area (Å²) in [5.74, 6) is 0.805. The molecule has 38 heavy (non-hydrogen) atoms. The molecule has 1 spiro atoms. The SMILES string of the molecule is COCCn1cnc2ccc(Sc3n[nH]c4nc(N5CCC6(CC5)CO[C@@H](C)[C@H]6N)cnc34)c(Cl)c2c1=O. The molecule has 11 nitrogen and oxygen atoms in total. The first-order chi connectivity index (χ1) is 18.4. The van der Waals surface area contributed by atoms with Crippen LogP contribution in [0.2, 0.25) is 5.02 Å². The lowest BCUT2D eigenvalue weighted by atomic mass is 9.73. The van der Waals surface area contributed by atoms with Gasteiger partial charge < -0.3 is 20.1 Å². The number of hydrogen-bond donors (Lipinski definition) is 2. The van der Waals surface area contributed by atoms with E-state index in [4.69, 9.17) is 31.8 Å². The summed E-state index contributed by atoms with van der Waals surface area (Å²) in [6.07, 6.45) is 5.33. The van der Waals surface area contributed by atoms with Gasteiger partial charge in [-0.25, -0.2) is 15.0 Å². The number of aromatic nitrogens is 6. The highest BCUT2D eigenvalue weighted by Crippen LogP contribution is 2.42. The molecule has 0 amide bonds. The monoisotopic (exact) mass is 556 g/mol. The minimum absolute atomic E-state index is 0.0485. The lowest BCUT2D eigenvalue weighted by Crippen LogP contribution is -2.50. The zero-order chi connectivity index (χ0) is 26.4. The summed E-state index contributed by atoms with van der Waals surface area (Å²) in [7, 11) is 1.59. The van der Waals surface area contributed by atoms with Crippen molar-refractivity contribution in [2.24, 2.45) is 11.1 Å². The molecule has 2 atom stereocenters. The Morgan fingerprint density at radius 1 is 1.32 bits per heavy atom. The van der Waals surface area contributed by atoms with Crippen molar-refractivity contribution < 1.29 is 9.47 Å². The third-order valence-corrected chi connectivity index (χ3v) is 9.34. The molecule has 3 N–H and O–H groups in total. The summed E-state index contributed by atoms with van der Waals surface area (Å²) in [6, 6.07) is 3.69. The van der Waals surface area contributed by atoms with Gasteiger partial charge in [-0.05, 0) is 31.9 Å². The highest BCUT2D eigenvalue weighted by atomic mass is 35.5. The van der Waals surface area contributed by atoms with Crippen molar-refractivity contribution in [2.75, 3.05) is 38.3 Å². The fourth-order valence-corrected chi connectivity index (χ4v) is 6.60. The normalized spacial score (nSPS) is 21.2. The van der Waals surface area contributed by atoms with E-state index in [0.717, 1.165) is 38.4 Å². The second kappa shape index (κ2) is 10.1. The number of benzene rings is 1. The quantitative estimate of drug-likeness (QED) is 0.364. The smallest absolute Gasteiger partial charge is 0.262 e. The number of fused-ring (bicyclic) bond motifs is 2. The second-order valence-corrected chi connectivity index (χ2v) is 11.4. The molecule has 0 saturated carbocycles. The lowest BCUT2D eigenvalue weighted by Gasteiger charge is -2.41. The van der Waals surface area contributed by atoms with Gasteiger partial charge in [-0.15, -0.1) is 0 Å². The number of H-pyrrole nitrogens is 1. The topological polar surface area (TPSA) is 137 Å². The van der Waals surface area contributed by atoms with Crippen LogP contribution in [-0.2, 0) is 16.0 Å². The predicted molar refractivity (Wildman–Crippen MR) is 146 cm³/mol. The summed E-state index contributed by atoms with van der Waals surface area (Å²) in [5, 5.41) is 8.78. The summed E-state index contributed by atoms with van der Waals surface area (Å²) in [6.45, 7) is 5.28. The summed E-state index contributed by atoms with van der Waals surface area (Å²) < 4.78 is 12.4. The van der Waals surface area contributed by atoms with E-state index in [1.807, 2.05) is 6.07 Å². The Balaban J connectivity index is 1.23. The first kappa shape index (κ1) is 25.5. The molecule has 0 radical (unpaired) electrons. The molecule has 0 aliphatic carbocycles. The maximum Gasteiger partial charge on any atom is 0.262 e. The number of aromatic amines is 1. The Hall–Kier alpha value is -2.77. The van der Waals surface area contributed by atoms with Gasteiger partial charge in [0.15, 0.2) is 10.7 Å². The number of anilines is 1. The van der Waals surface area contributed by atoms with Crippen molar-refractivity contribution in [3.05, 3.63) is 40.0 Å². The average molecular weight is 557 g/mol. The van der Waals surface area contributed by atoms with Crippen LogP contribution < -0.4 is 16.2 Å². The van der Waals surface area contributed by atoms with E-state index in [-0.39, 0.29) is 23.1 Å². The average Bonchev–Trinajstić information content (AvgIpc) is 3.46. The minimum atomic E-state index is -0.210. The van der Waals surface area contributed by atoms with Gasteiger partial charge in [0.25, 0.3) is 5.56 Å². The summed E-state index contributed by atoms with van der Waals surface area (Å²) in [5.41, 5.74) is 8.09. The van der Waals surface area contributed by atoms with Gasteiger partial charge in [0, 0.05) is 36.6 Å². The summed E-state index contributed by atoms with van der Waals surface area (Å²) >= 11 is 8.05. The van der Waals surface area contributed by atoms with Gasteiger partial charge in [0.1, 0.15) is 11.3 Å². The first-order valence-electron chi connectivity index (χ1n) is 12.6. The molecule has 1 aromatic carbocycles. The van der Waals surface area contributed by atoms with Gasteiger partial charge in [-0.1, -0.05) is 23.4 Å². The van der Waals surface area contributed by atoms with E-state index in [9.17, 15) is 4.79 Å². The van der Waals surface area contributed by atoms with Gasteiger partial charge in [-0.3, -0.25) is 14.5 Å². The van der Waals surface area contributed by atoms with Gasteiger partial charge in [0.2, 0.25) is 0 Å². The van der Waals surface area contributed by atoms with Gasteiger partial charge >= 0.3 is 0 Å². The van der Waals surface area contributed by atoms with Gasteiger partial charge in [-0.2, -0.15) is 5.10 Å². The Morgan fingerprint density at radius 3 is 2.87 bits per heavy atom. The molecule has 0 bridgehead atoms. The van der Waals surface area contributed by atoms with E-state index >= 15 is 0 Å². The zero-order valence-electron chi connectivity index (χ0n) is 21.2.